The Morgan fingerprint density at radius 1 is 1.10 bits per heavy atom. The fourth-order valence-electron chi connectivity index (χ4n) is 1.31. The molecule has 0 aliphatic rings. The lowest BCUT2D eigenvalue weighted by atomic mass is 10.3. The van der Waals surface area contributed by atoms with Crippen LogP contribution in [0.15, 0.2) is 33.2 Å². The molecule has 0 unspecified atom stereocenters. The zero-order valence-corrected chi connectivity index (χ0v) is 12.8. The zero-order chi connectivity index (χ0) is 14.9. The quantitative estimate of drug-likeness (QED) is 0.794. The number of nitrogen functional groups attached to an aromatic ring is 1. The molecule has 0 bridgehead atoms. The van der Waals surface area contributed by atoms with Crippen LogP contribution in [0.3, 0.4) is 0 Å². The highest BCUT2D eigenvalue weighted by Crippen LogP contribution is 2.34. The first kappa shape index (κ1) is 15.0. The Hall–Kier alpha value is -1.35. The number of ether oxygens (including phenoxy) is 1. The second-order valence-corrected chi connectivity index (χ2v) is 5.39. The van der Waals surface area contributed by atoms with Gasteiger partial charge in [0.15, 0.2) is 5.69 Å². The molecule has 0 spiro atoms. The summed E-state index contributed by atoms with van der Waals surface area (Å²) in [6.07, 6.45) is -4.62. The lowest BCUT2D eigenvalue weighted by Gasteiger charge is -2.10. The number of aromatic nitrogens is 2. The molecule has 2 N–H and O–H groups in total. The van der Waals surface area contributed by atoms with E-state index in [1.807, 2.05) is 0 Å². The number of hydrogen-bond donors (Lipinski definition) is 1. The van der Waals surface area contributed by atoms with E-state index >= 15 is 0 Å². The van der Waals surface area contributed by atoms with Crippen molar-refractivity contribution in [2.24, 2.45) is 0 Å². The van der Waals surface area contributed by atoms with Crippen LogP contribution in [0, 0.1) is 0 Å². The van der Waals surface area contributed by atoms with E-state index in [1.54, 1.807) is 18.2 Å². The molecular formula is C11H6Br2F3N3O. The van der Waals surface area contributed by atoms with Gasteiger partial charge in [0.2, 0.25) is 11.8 Å². The fraction of sp³-hybridized carbons (Fsp3) is 0.0909. The van der Waals surface area contributed by atoms with Crippen molar-refractivity contribution < 1.29 is 17.9 Å². The van der Waals surface area contributed by atoms with Gasteiger partial charge in [-0.1, -0.05) is 15.9 Å². The Balaban J connectivity index is 2.36. The van der Waals surface area contributed by atoms with Crippen LogP contribution in [0.25, 0.3) is 0 Å². The number of nitrogens with zero attached hydrogens (tertiary/aromatic N) is 2. The Morgan fingerprint density at radius 3 is 2.40 bits per heavy atom. The summed E-state index contributed by atoms with van der Waals surface area (Å²) in [7, 11) is 0. The lowest BCUT2D eigenvalue weighted by molar-refractivity contribution is -0.141. The van der Waals surface area contributed by atoms with E-state index in [1.165, 1.54) is 0 Å². The summed E-state index contributed by atoms with van der Waals surface area (Å²) in [6.45, 7) is 0. The fourth-order valence-corrected chi connectivity index (χ4v) is 2.44. The minimum absolute atomic E-state index is 0.284. The van der Waals surface area contributed by atoms with Gasteiger partial charge < -0.3 is 10.5 Å². The number of hydrogen-bond acceptors (Lipinski definition) is 4. The van der Waals surface area contributed by atoms with E-state index in [2.05, 4.69) is 41.8 Å². The number of rotatable bonds is 2. The molecule has 0 fully saturated rings. The first-order valence-corrected chi connectivity index (χ1v) is 6.69. The average Bonchev–Trinajstić information content (AvgIpc) is 2.31. The Bertz CT molecular complexity index is 649. The highest BCUT2D eigenvalue weighted by molar-refractivity contribution is 9.11. The van der Waals surface area contributed by atoms with Crippen molar-refractivity contribution in [3.05, 3.63) is 38.9 Å². The van der Waals surface area contributed by atoms with Crippen LogP contribution in [0.4, 0.5) is 19.1 Å². The van der Waals surface area contributed by atoms with Crippen LogP contribution in [0.1, 0.15) is 5.69 Å². The maximum Gasteiger partial charge on any atom is 0.433 e. The van der Waals surface area contributed by atoms with Crippen molar-refractivity contribution in [3.8, 4) is 11.6 Å². The number of halogens is 5. The van der Waals surface area contributed by atoms with Gasteiger partial charge >= 0.3 is 6.18 Å². The third-order valence-electron chi connectivity index (χ3n) is 2.12. The van der Waals surface area contributed by atoms with Crippen LogP contribution >= 0.6 is 31.9 Å². The molecule has 1 heterocycles. The van der Waals surface area contributed by atoms with E-state index in [0.29, 0.717) is 16.3 Å². The monoisotopic (exact) mass is 411 g/mol. The molecule has 106 valence electrons. The van der Waals surface area contributed by atoms with Gasteiger partial charge in [-0.05, 0) is 34.1 Å². The van der Waals surface area contributed by atoms with Gasteiger partial charge in [0.25, 0.3) is 0 Å². The van der Waals surface area contributed by atoms with E-state index < -0.39 is 17.8 Å². The van der Waals surface area contributed by atoms with Crippen molar-refractivity contribution in [2.45, 2.75) is 6.18 Å². The van der Waals surface area contributed by atoms with Gasteiger partial charge in [0, 0.05) is 10.5 Å². The molecule has 4 nitrogen and oxygen atoms in total. The third kappa shape index (κ3) is 3.60. The standard InChI is InChI=1S/C11H6Br2F3N3O/c12-5-1-2-7(6(13)3-5)20-9-4-8(11(14,15)16)18-10(17)19-9/h1-4H,(H2,17,18,19). The van der Waals surface area contributed by atoms with Gasteiger partial charge in [-0.25, -0.2) is 4.98 Å². The summed E-state index contributed by atoms with van der Waals surface area (Å²) in [5.41, 5.74) is 4.09. The van der Waals surface area contributed by atoms with E-state index in [9.17, 15) is 13.2 Å². The minimum Gasteiger partial charge on any atom is -0.438 e. The summed E-state index contributed by atoms with van der Waals surface area (Å²) >= 11 is 6.48. The van der Waals surface area contributed by atoms with E-state index in [-0.39, 0.29) is 5.88 Å². The molecule has 20 heavy (non-hydrogen) atoms. The molecule has 0 saturated carbocycles. The maximum atomic E-state index is 12.6. The van der Waals surface area contributed by atoms with Gasteiger partial charge in [0.1, 0.15) is 5.75 Å². The summed E-state index contributed by atoms with van der Waals surface area (Å²) in [4.78, 5) is 6.74. The Morgan fingerprint density at radius 2 is 1.80 bits per heavy atom. The van der Waals surface area contributed by atoms with Gasteiger partial charge in [-0.3, -0.25) is 0 Å². The number of alkyl halides is 3. The second kappa shape index (κ2) is 5.57. The molecule has 9 heteroatoms. The number of nitrogens with two attached hydrogens (primary N) is 1. The minimum atomic E-state index is -4.62. The molecule has 1 aromatic heterocycles. The van der Waals surface area contributed by atoms with Crippen LogP contribution < -0.4 is 10.5 Å². The lowest BCUT2D eigenvalue weighted by Crippen LogP contribution is -2.11. The van der Waals surface area contributed by atoms with E-state index in [0.717, 1.165) is 4.47 Å². The second-order valence-electron chi connectivity index (χ2n) is 3.62. The Labute approximate surface area is 128 Å². The average molecular weight is 413 g/mol. The Kier molecular flexibility index (Phi) is 4.19. The molecule has 0 radical (unpaired) electrons. The first-order valence-electron chi connectivity index (χ1n) is 5.10. The van der Waals surface area contributed by atoms with Gasteiger partial charge in [-0.2, -0.15) is 18.2 Å². The first-order chi connectivity index (χ1) is 9.25. The van der Waals surface area contributed by atoms with Crippen LogP contribution in [-0.4, -0.2) is 9.97 Å². The van der Waals surface area contributed by atoms with Crippen LogP contribution in [-0.2, 0) is 6.18 Å². The zero-order valence-electron chi connectivity index (χ0n) is 9.58. The predicted octanol–water partition coefficient (Wildman–Crippen LogP) is 4.39. The van der Waals surface area contributed by atoms with Crippen molar-refractivity contribution in [1.29, 1.82) is 0 Å². The topological polar surface area (TPSA) is 61.0 Å². The molecule has 0 aliphatic heterocycles. The maximum absolute atomic E-state index is 12.6. The van der Waals surface area contributed by atoms with Crippen molar-refractivity contribution in [3.63, 3.8) is 0 Å². The molecule has 0 amide bonds. The number of anilines is 1. The van der Waals surface area contributed by atoms with E-state index in [4.69, 9.17) is 10.5 Å². The molecule has 2 rings (SSSR count). The van der Waals surface area contributed by atoms with Crippen molar-refractivity contribution in [2.75, 3.05) is 5.73 Å². The third-order valence-corrected chi connectivity index (χ3v) is 3.23. The molecule has 0 atom stereocenters. The summed E-state index contributed by atoms with van der Waals surface area (Å²) in [5.74, 6) is -0.490. The number of benzene rings is 1. The molecule has 0 saturated heterocycles. The van der Waals surface area contributed by atoms with Crippen LogP contribution in [0.5, 0.6) is 11.6 Å². The summed E-state index contributed by atoms with van der Waals surface area (Å²) in [5, 5.41) is 0. The highest BCUT2D eigenvalue weighted by atomic mass is 79.9. The predicted molar refractivity (Wildman–Crippen MR) is 73.4 cm³/mol. The van der Waals surface area contributed by atoms with Crippen molar-refractivity contribution >= 4 is 37.8 Å². The molecule has 1 aromatic carbocycles. The molecule has 0 aliphatic carbocycles. The largest absolute Gasteiger partial charge is 0.438 e. The van der Waals surface area contributed by atoms with Gasteiger partial charge in [0.05, 0.1) is 4.47 Å². The normalized spacial score (nSPS) is 11.4. The highest BCUT2D eigenvalue weighted by Gasteiger charge is 2.33. The smallest absolute Gasteiger partial charge is 0.433 e. The van der Waals surface area contributed by atoms with Crippen molar-refractivity contribution in [1.82, 2.24) is 9.97 Å². The summed E-state index contributed by atoms with van der Waals surface area (Å²) < 4.78 is 44.4. The van der Waals surface area contributed by atoms with Crippen LogP contribution in [0.2, 0.25) is 0 Å². The SMILES string of the molecule is Nc1nc(Oc2ccc(Br)cc2Br)cc(C(F)(F)F)n1. The molecule has 2 aromatic rings. The molecular weight excluding hydrogens is 407 g/mol. The summed E-state index contributed by atoms with van der Waals surface area (Å²) in [6, 6.07) is 5.62. The van der Waals surface area contributed by atoms with Gasteiger partial charge in [-0.15, -0.1) is 0 Å².